The molecule has 2 atom stereocenters. The molecule has 0 aliphatic heterocycles. The van der Waals surface area contributed by atoms with Crippen LogP contribution in [0.25, 0.3) is 0 Å². The molecule has 1 heterocycles. The van der Waals surface area contributed by atoms with E-state index in [-0.39, 0.29) is 6.61 Å². The van der Waals surface area contributed by atoms with Crippen LogP contribution in [-0.2, 0) is 7.05 Å². The summed E-state index contributed by atoms with van der Waals surface area (Å²) in [6.07, 6.45) is 7.41. The summed E-state index contributed by atoms with van der Waals surface area (Å²) >= 11 is 0. The summed E-state index contributed by atoms with van der Waals surface area (Å²) in [5, 5.41) is 16.8. The Bertz CT molecular complexity index is 333. The van der Waals surface area contributed by atoms with Crippen LogP contribution < -0.4 is 5.32 Å². The van der Waals surface area contributed by atoms with Crippen molar-refractivity contribution in [2.24, 2.45) is 13.0 Å². The molecule has 4 nitrogen and oxygen atoms in total. The van der Waals surface area contributed by atoms with E-state index in [0.717, 1.165) is 12.3 Å². The first-order chi connectivity index (χ1) is 7.70. The lowest BCUT2D eigenvalue weighted by atomic mass is 10.1. The fourth-order valence-corrected chi connectivity index (χ4v) is 2.17. The van der Waals surface area contributed by atoms with Crippen LogP contribution in [0.5, 0.6) is 0 Å². The maximum Gasteiger partial charge on any atom is 0.0537 e. The number of nitrogens with one attached hydrogen (secondary N) is 1. The molecule has 1 fully saturated rings. The lowest BCUT2D eigenvalue weighted by Crippen LogP contribution is -2.34. The van der Waals surface area contributed by atoms with Crippen molar-refractivity contribution in [3.05, 3.63) is 18.0 Å². The van der Waals surface area contributed by atoms with Gasteiger partial charge in [-0.2, -0.15) is 5.10 Å². The van der Waals surface area contributed by atoms with Crippen LogP contribution in [0.2, 0.25) is 0 Å². The zero-order chi connectivity index (χ0) is 11.5. The van der Waals surface area contributed by atoms with Crippen molar-refractivity contribution in [3.8, 4) is 0 Å². The van der Waals surface area contributed by atoms with Gasteiger partial charge in [0.05, 0.1) is 6.20 Å². The standard InChI is InChI=1S/C12H21N3O/c1-9(11-7-13-15(2)8-11)14-12(5-6-16)10-3-4-10/h7-10,12,14,16H,3-6H2,1-2H3. The normalized spacial score (nSPS) is 19.7. The Hall–Kier alpha value is -0.870. The first-order valence-corrected chi connectivity index (χ1v) is 6.06. The number of aliphatic hydroxyl groups excluding tert-OH is 1. The molecule has 0 radical (unpaired) electrons. The summed E-state index contributed by atoms with van der Waals surface area (Å²) in [6, 6.07) is 0.769. The van der Waals surface area contributed by atoms with E-state index in [9.17, 15) is 0 Å². The smallest absolute Gasteiger partial charge is 0.0537 e. The Balaban J connectivity index is 1.91. The van der Waals surface area contributed by atoms with Gasteiger partial charge in [0.15, 0.2) is 0 Å². The van der Waals surface area contributed by atoms with Gasteiger partial charge in [0.2, 0.25) is 0 Å². The van der Waals surface area contributed by atoms with Crippen LogP contribution in [0.4, 0.5) is 0 Å². The van der Waals surface area contributed by atoms with E-state index < -0.39 is 0 Å². The maximum absolute atomic E-state index is 9.04. The highest BCUT2D eigenvalue weighted by molar-refractivity contribution is 5.09. The molecular weight excluding hydrogens is 202 g/mol. The van der Waals surface area contributed by atoms with Crippen molar-refractivity contribution in [1.82, 2.24) is 15.1 Å². The number of hydrogen-bond donors (Lipinski definition) is 2. The molecule has 0 aromatic carbocycles. The number of nitrogens with zero attached hydrogens (tertiary/aromatic N) is 2. The van der Waals surface area contributed by atoms with Crippen molar-refractivity contribution in [2.75, 3.05) is 6.61 Å². The molecule has 4 heteroatoms. The second kappa shape index (κ2) is 4.97. The molecule has 0 amide bonds. The fraction of sp³-hybridized carbons (Fsp3) is 0.750. The molecular formula is C12H21N3O. The van der Waals surface area contributed by atoms with E-state index in [0.29, 0.717) is 12.1 Å². The van der Waals surface area contributed by atoms with Crippen LogP contribution in [0.1, 0.15) is 37.8 Å². The van der Waals surface area contributed by atoms with Gasteiger partial charge in [-0.05, 0) is 32.1 Å². The van der Waals surface area contributed by atoms with Gasteiger partial charge >= 0.3 is 0 Å². The van der Waals surface area contributed by atoms with Crippen molar-refractivity contribution in [1.29, 1.82) is 0 Å². The van der Waals surface area contributed by atoms with Crippen LogP contribution in [0.15, 0.2) is 12.4 Å². The highest BCUT2D eigenvalue weighted by Gasteiger charge is 2.31. The predicted molar refractivity (Wildman–Crippen MR) is 63.0 cm³/mol. The van der Waals surface area contributed by atoms with Gasteiger partial charge in [0.25, 0.3) is 0 Å². The van der Waals surface area contributed by atoms with Gasteiger partial charge in [-0.1, -0.05) is 0 Å². The molecule has 16 heavy (non-hydrogen) atoms. The average Bonchev–Trinajstić information content (AvgIpc) is 3.00. The number of aryl methyl sites for hydroxylation is 1. The highest BCUT2D eigenvalue weighted by Crippen LogP contribution is 2.35. The fourth-order valence-electron chi connectivity index (χ4n) is 2.17. The summed E-state index contributed by atoms with van der Waals surface area (Å²) in [5.74, 6) is 0.770. The summed E-state index contributed by atoms with van der Waals surface area (Å²) in [4.78, 5) is 0. The molecule has 1 aromatic heterocycles. The third-order valence-corrected chi connectivity index (χ3v) is 3.32. The minimum atomic E-state index is 0.272. The van der Waals surface area contributed by atoms with Gasteiger partial charge in [-0.3, -0.25) is 4.68 Å². The number of hydrogen-bond acceptors (Lipinski definition) is 3. The quantitative estimate of drug-likeness (QED) is 0.762. The van der Waals surface area contributed by atoms with Crippen LogP contribution in [0.3, 0.4) is 0 Å². The molecule has 0 spiro atoms. The van der Waals surface area contributed by atoms with Crippen molar-refractivity contribution >= 4 is 0 Å². The Kier molecular flexibility index (Phi) is 3.61. The predicted octanol–water partition coefficient (Wildman–Crippen LogP) is 1.23. The average molecular weight is 223 g/mol. The Morgan fingerprint density at radius 3 is 2.88 bits per heavy atom. The molecule has 1 saturated carbocycles. The monoisotopic (exact) mass is 223 g/mol. The van der Waals surface area contributed by atoms with E-state index in [1.807, 2.05) is 24.1 Å². The maximum atomic E-state index is 9.04. The third-order valence-electron chi connectivity index (χ3n) is 3.32. The van der Waals surface area contributed by atoms with Crippen LogP contribution in [0, 0.1) is 5.92 Å². The van der Waals surface area contributed by atoms with Gasteiger partial charge in [0, 0.05) is 37.5 Å². The van der Waals surface area contributed by atoms with Gasteiger partial charge in [0.1, 0.15) is 0 Å². The molecule has 2 rings (SSSR count). The van der Waals surface area contributed by atoms with E-state index in [1.54, 1.807) is 0 Å². The Labute approximate surface area is 96.7 Å². The number of aliphatic hydroxyl groups is 1. The van der Waals surface area contributed by atoms with Crippen molar-refractivity contribution in [3.63, 3.8) is 0 Å². The summed E-state index contributed by atoms with van der Waals surface area (Å²) in [6.45, 7) is 2.43. The molecule has 90 valence electrons. The van der Waals surface area contributed by atoms with E-state index >= 15 is 0 Å². The first-order valence-electron chi connectivity index (χ1n) is 6.06. The van der Waals surface area contributed by atoms with Crippen LogP contribution in [-0.4, -0.2) is 27.5 Å². The van der Waals surface area contributed by atoms with Crippen LogP contribution >= 0.6 is 0 Å². The molecule has 0 bridgehead atoms. The Morgan fingerprint density at radius 1 is 1.62 bits per heavy atom. The lowest BCUT2D eigenvalue weighted by molar-refractivity contribution is 0.250. The van der Waals surface area contributed by atoms with E-state index in [2.05, 4.69) is 17.3 Å². The zero-order valence-electron chi connectivity index (χ0n) is 10.1. The van der Waals surface area contributed by atoms with Gasteiger partial charge < -0.3 is 10.4 Å². The second-order valence-electron chi connectivity index (χ2n) is 4.79. The SMILES string of the molecule is CC(NC(CCO)C1CC1)c1cnn(C)c1. The number of aromatic nitrogens is 2. The first kappa shape index (κ1) is 11.6. The molecule has 2 N–H and O–H groups in total. The summed E-state index contributed by atoms with van der Waals surface area (Å²) < 4.78 is 1.83. The highest BCUT2D eigenvalue weighted by atomic mass is 16.3. The van der Waals surface area contributed by atoms with Gasteiger partial charge in [-0.15, -0.1) is 0 Å². The lowest BCUT2D eigenvalue weighted by Gasteiger charge is -2.21. The summed E-state index contributed by atoms with van der Waals surface area (Å²) in [7, 11) is 1.93. The van der Waals surface area contributed by atoms with E-state index in [1.165, 1.54) is 18.4 Å². The molecule has 0 saturated heterocycles. The third kappa shape index (κ3) is 2.83. The molecule has 1 aliphatic carbocycles. The summed E-state index contributed by atoms with van der Waals surface area (Å²) in [5.41, 5.74) is 1.21. The second-order valence-corrected chi connectivity index (χ2v) is 4.79. The van der Waals surface area contributed by atoms with E-state index in [4.69, 9.17) is 5.11 Å². The molecule has 1 aromatic rings. The van der Waals surface area contributed by atoms with Gasteiger partial charge in [-0.25, -0.2) is 0 Å². The topological polar surface area (TPSA) is 50.1 Å². The zero-order valence-corrected chi connectivity index (χ0v) is 10.1. The van der Waals surface area contributed by atoms with Crippen molar-refractivity contribution in [2.45, 2.75) is 38.3 Å². The number of rotatable bonds is 6. The Morgan fingerprint density at radius 2 is 2.38 bits per heavy atom. The van der Waals surface area contributed by atoms with Crippen molar-refractivity contribution < 1.29 is 5.11 Å². The minimum Gasteiger partial charge on any atom is -0.396 e. The molecule has 1 aliphatic rings. The largest absolute Gasteiger partial charge is 0.396 e. The minimum absolute atomic E-state index is 0.272. The molecule has 2 unspecified atom stereocenters.